The number of alkyl halides is 3. The Kier molecular flexibility index (Phi) is 2.51. The largest absolute Gasteiger partial charge is 0.480 e. The van der Waals surface area contributed by atoms with Crippen molar-refractivity contribution in [1.29, 1.82) is 0 Å². The van der Waals surface area contributed by atoms with Crippen LogP contribution in [0.5, 0.6) is 0 Å². The van der Waals surface area contributed by atoms with Crippen molar-refractivity contribution in [2.24, 2.45) is 5.92 Å². The van der Waals surface area contributed by atoms with Crippen LogP contribution in [0.1, 0.15) is 6.42 Å². The van der Waals surface area contributed by atoms with Crippen LogP contribution in [0.25, 0.3) is 0 Å². The first kappa shape index (κ1) is 10.3. The first-order valence-electron chi connectivity index (χ1n) is 3.84. The predicted molar refractivity (Wildman–Crippen MR) is 38.2 cm³/mol. The number of likely N-dealkylation sites (N-methyl/N-ethyl adjacent to an activating group) is 1. The molecule has 2 atom stereocenters. The van der Waals surface area contributed by atoms with E-state index in [0.717, 1.165) is 0 Å². The molecule has 0 aliphatic carbocycles. The van der Waals surface area contributed by atoms with Crippen LogP contribution in [-0.4, -0.2) is 41.8 Å². The van der Waals surface area contributed by atoms with Crippen LogP contribution >= 0.6 is 0 Å². The molecule has 1 heterocycles. The average Bonchev–Trinajstić information content (AvgIpc) is 2.28. The van der Waals surface area contributed by atoms with Crippen LogP contribution in [0, 0.1) is 5.92 Å². The number of aliphatic carboxylic acids is 1. The van der Waals surface area contributed by atoms with Crippen molar-refractivity contribution in [2.45, 2.75) is 18.6 Å². The maximum absolute atomic E-state index is 12.3. The third kappa shape index (κ3) is 1.93. The summed E-state index contributed by atoms with van der Waals surface area (Å²) in [6.45, 7) is 0.182. The van der Waals surface area contributed by atoms with Gasteiger partial charge in [-0.15, -0.1) is 0 Å². The van der Waals surface area contributed by atoms with Gasteiger partial charge in [0.05, 0.1) is 5.92 Å². The van der Waals surface area contributed by atoms with Gasteiger partial charge in [-0.05, 0) is 20.0 Å². The molecule has 0 saturated carbocycles. The maximum atomic E-state index is 12.3. The normalized spacial score (nSPS) is 30.8. The van der Waals surface area contributed by atoms with Gasteiger partial charge in [-0.1, -0.05) is 0 Å². The Morgan fingerprint density at radius 2 is 2.08 bits per heavy atom. The highest BCUT2D eigenvalue weighted by Crippen LogP contribution is 2.37. The fraction of sp³-hybridized carbons (Fsp3) is 0.857. The van der Waals surface area contributed by atoms with E-state index in [2.05, 4.69) is 0 Å². The summed E-state index contributed by atoms with van der Waals surface area (Å²) in [6, 6.07) is -1.42. The number of rotatable bonds is 1. The maximum Gasteiger partial charge on any atom is 0.393 e. The third-order valence-electron chi connectivity index (χ3n) is 2.32. The molecule has 2 unspecified atom stereocenters. The monoisotopic (exact) mass is 197 g/mol. The zero-order valence-corrected chi connectivity index (χ0v) is 7.01. The van der Waals surface area contributed by atoms with Crippen LogP contribution in [0.3, 0.4) is 0 Å². The number of carbonyl (C=O) groups is 1. The zero-order valence-electron chi connectivity index (χ0n) is 7.01. The molecule has 1 saturated heterocycles. The molecule has 6 heteroatoms. The predicted octanol–water partition coefficient (Wildman–Crippen LogP) is 0.954. The van der Waals surface area contributed by atoms with E-state index in [-0.39, 0.29) is 13.0 Å². The molecule has 1 N–H and O–H groups in total. The molecule has 0 aromatic rings. The van der Waals surface area contributed by atoms with E-state index in [1.54, 1.807) is 0 Å². The molecular formula is C7H10F3NO2. The number of carboxylic acid groups (broad SMARTS) is 1. The fourth-order valence-electron chi connectivity index (χ4n) is 1.65. The topological polar surface area (TPSA) is 40.5 Å². The highest BCUT2D eigenvalue weighted by atomic mass is 19.4. The van der Waals surface area contributed by atoms with Gasteiger partial charge in [0.2, 0.25) is 0 Å². The molecule has 0 radical (unpaired) electrons. The van der Waals surface area contributed by atoms with Crippen LogP contribution in [0.4, 0.5) is 13.2 Å². The summed E-state index contributed by atoms with van der Waals surface area (Å²) < 4.78 is 36.8. The molecule has 0 aromatic heterocycles. The van der Waals surface area contributed by atoms with E-state index in [1.807, 2.05) is 0 Å². The summed E-state index contributed by atoms with van der Waals surface area (Å²) in [5, 5.41) is 8.58. The zero-order chi connectivity index (χ0) is 10.2. The number of carboxylic acids is 1. The Morgan fingerprint density at radius 1 is 1.54 bits per heavy atom. The lowest BCUT2D eigenvalue weighted by atomic mass is 10.0. The molecule has 3 nitrogen and oxygen atoms in total. The molecule has 0 bridgehead atoms. The van der Waals surface area contributed by atoms with Gasteiger partial charge in [0, 0.05) is 0 Å². The number of hydrogen-bond acceptors (Lipinski definition) is 2. The summed E-state index contributed by atoms with van der Waals surface area (Å²) in [5.41, 5.74) is 0. The van der Waals surface area contributed by atoms with Gasteiger partial charge in [0.1, 0.15) is 6.04 Å². The molecule has 0 aromatic carbocycles. The third-order valence-corrected chi connectivity index (χ3v) is 2.32. The minimum atomic E-state index is -4.41. The molecule has 0 spiro atoms. The standard InChI is InChI=1S/C7H10F3NO2/c1-11-3-2-4(7(8,9)10)5(11)6(12)13/h4-5H,2-3H2,1H3,(H,12,13). The van der Waals surface area contributed by atoms with Gasteiger partial charge in [-0.3, -0.25) is 9.69 Å². The van der Waals surface area contributed by atoms with E-state index in [4.69, 9.17) is 5.11 Å². The van der Waals surface area contributed by atoms with E-state index in [9.17, 15) is 18.0 Å². The van der Waals surface area contributed by atoms with Gasteiger partial charge in [0.25, 0.3) is 0 Å². The molecule has 1 aliphatic heterocycles. The second-order valence-corrected chi connectivity index (χ2v) is 3.20. The van der Waals surface area contributed by atoms with Crippen molar-refractivity contribution >= 4 is 5.97 Å². The number of hydrogen-bond donors (Lipinski definition) is 1. The summed E-state index contributed by atoms with van der Waals surface area (Å²) in [5.74, 6) is -3.13. The second-order valence-electron chi connectivity index (χ2n) is 3.20. The molecular weight excluding hydrogens is 187 g/mol. The lowest BCUT2D eigenvalue weighted by molar-refractivity contribution is -0.187. The lowest BCUT2D eigenvalue weighted by Gasteiger charge is -2.22. The van der Waals surface area contributed by atoms with E-state index >= 15 is 0 Å². The summed E-state index contributed by atoms with van der Waals surface area (Å²) in [6.07, 6.45) is -4.54. The lowest BCUT2D eigenvalue weighted by Crippen LogP contribution is -2.42. The summed E-state index contributed by atoms with van der Waals surface area (Å²) in [7, 11) is 1.39. The van der Waals surface area contributed by atoms with Crippen molar-refractivity contribution < 1.29 is 23.1 Å². The molecule has 1 aliphatic rings. The van der Waals surface area contributed by atoms with E-state index in [0.29, 0.717) is 0 Å². The highest BCUT2D eigenvalue weighted by Gasteiger charge is 2.52. The number of nitrogens with zero attached hydrogens (tertiary/aromatic N) is 1. The smallest absolute Gasteiger partial charge is 0.393 e. The first-order valence-corrected chi connectivity index (χ1v) is 3.84. The Bertz CT molecular complexity index is 216. The minimum absolute atomic E-state index is 0.128. The van der Waals surface area contributed by atoms with Gasteiger partial charge in [-0.25, -0.2) is 0 Å². The van der Waals surface area contributed by atoms with E-state index in [1.165, 1.54) is 11.9 Å². The SMILES string of the molecule is CN1CCC(C(F)(F)F)C1C(=O)O. The average molecular weight is 197 g/mol. The van der Waals surface area contributed by atoms with Crippen molar-refractivity contribution in [2.75, 3.05) is 13.6 Å². The highest BCUT2D eigenvalue weighted by molar-refractivity contribution is 5.74. The Morgan fingerprint density at radius 3 is 2.38 bits per heavy atom. The molecule has 0 amide bonds. The van der Waals surface area contributed by atoms with Crippen LogP contribution in [-0.2, 0) is 4.79 Å². The van der Waals surface area contributed by atoms with Gasteiger partial charge < -0.3 is 5.11 Å². The van der Waals surface area contributed by atoms with Crippen LogP contribution in [0.15, 0.2) is 0 Å². The second kappa shape index (κ2) is 3.17. The number of halogens is 3. The summed E-state index contributed by atoms with van der Waals surface area (Å²) >= 11 is 0. The first-order chi connectivity index (χ1) is 5.84. The van der Waals surface area contributed by atoms with Gasteiger partial charge in [0.15, 0.2) is 0 Å². The Labute approximate surface area is 73.1 Å². The fourth-order valence-corrected chi connectivity index (χ4v) is 1.65. The van der Waals surface area contributed by atoms with Crippen LogP contribution < -0.4 is 0 Å². The van der Waals surface area contributed by atoms with Crippen molar-refractivity contribution in [1.82, 2.24) is 4.90 Å². The summed E-state index contributed by atoms with van der Waals surface area (Å²) in [4.78, 5) is 11.8. The molecule has 1 rings (SSSR count). The van der Waals surface area contributed by atoms with E-state index < -0.39 is 24.1 Å². The molecule has 1 fully saturated rings. The van der Waals surface area contributed by atoms with Crippen molar-refractivity contribution in [3.63, 3.8) is 0 Å². The van der Waals surface area contributed by atoms with Crippen molar-refractivity contribution in [3.05, 3.63) is 0 Å². The van der Waals surface area contributed by atoms with Gasteiger partial charge >= 0.3 is 12.1 Å². The quantitative estimate of drug-likeness (QED) is 0.680. The molecule has 76 valence electrons. The van der Waals surface area contributed by atoms with Gasteiger partial charge in [-0.2, -0.15) is 13.2 Å². The van der Waals surface area contributed by atoms with Crippen molar-refractivity contribution in [3.8, 4) is 0 Å². The minimum Gasteiger partial charge on any atom is -0.480 e. The molecule has 13 heavy (non-hydrogen) atoms. The Hall–Kier alpha value is -0.780. The number of likely N-dealkylation sites (tertiary alicyclic amines) is 1. The van der Waals surface area contributed by atoms with Crippen LogP contribution in [0.2, 0.25) is 0 Å². The Balaban J connectivity index is 2.82.